The number of hydrogen-bond acceptors (Lipinski definition) is 5. The van der Waals surface area contributed by atoms with Crippen molar-refractivity contribution in [2.24, 2.45) is 0 Å². The van der Waals surface area contributed by atoms with Gasteiger partial charge in [0.2, 0.25) is 0 Å². The van der Waals surface area contributed by atoms with Gasteiger partial charge in [-0.15, -0.1) is 0 Å². The van der Waals surface area contributed by atoms with E-state index in [1.807, 2.05) is 0 Å². The van der Waals surface area contributed by atoms with E-state index in [1.54, 1.807) is 0 Å². The Morgan fingerprint density at radius 3 is 1.64 bits per heavy atom. The Morgan fingerprint density at radius 2 is 1.64 bits per heavy atom. The first-order valence-corrected chi connectivity index (χ1v) is 4.49. The van der Waals surface area contributed by atoms with Crippen LogP contribution in [0.4, 0.5) is 0 Å². The van der Waals surface area contributed by atoms with E-state index in [0.29, 0.717) is 6.08 Å². The van der Waals surface area contributed by atoms with Crippen LogP contribution in [0, 0.1) is 0 Å². The molecule has 0 radical (unpaired) electrons. The number of aliphatic hydroxyl groups excluding tert-OH is 1. The van der Waals surface area contributed by atoms with E-state index >= 15 is 0 Å². The van der Waals surface area contributed by atoms with Crippen molar-refractivity contribution in [3.8, 4) is 0 Å². The van der Waals surface area contributed by atoms with Gasteiger partial charge in [0.15, 0.2) is 5.44 Å². The second kappa shape index (κ2) is 11.0. The minimum Gasteiger partial charge on any atom is -0.746 e. The Kier molecular flexibility index (Phi) is 15.2. The van der Waals surface area contributed by atoms with Crippen molar-refractivity contribution in [1.29, 1.82) is 0 Å². The van der Waals surface area contributed by atoms with Gasteiger partial charge in [0.05, 0.1) is 12.5 Å². The van der Waals surface area contributed by atoms with Crippen LogP contribution in [0.2, 0.25) is 0 Å². The molecule has 0 saturated carbocycles. The van der Waals surface area contributed by atoms with Gasteiger partial charge in [-0.05, 0) is 6.08 Å². The second-order valence-electron chi connectivity index (χ2n) is 1.59. The Balaban J connectivity index is -0.000000177. The molecule has 0 saturated heterocycles. The van der Waals surface area contributed by atoms with Crippen molar-refractivity contribution in [2.75, 3.05) is 0 Å². The fourth-order valence-corrected chi connectivity index (χ4v) is 0.422. The van der Waals surface area contributed by atoms with Gasteiger partial charge in [0, 0.05) is 0 Å². The third-order valence-electron chi connectivity index (χ3n) is 0.690. The van der Waals surface area contributed by atoms with Gasteiger partial charge in [-0.3, -0.25) is 0 Å². The molecule has 76 valence electrons. The molecule has 0 aromatic heterocycles. The quantitative estimate of drug-likeness (QED) is 0.246. The maximum atomic E-state index is 9.69. The van der Waals surface area contributed by atoms with Crippen LogP contribution in [-0.4, -0.2) is 23.5 Å². The first kappa shape index (κ1) is 19.5. The summed E-state index contributed by atoms with van der Waals surface area (Å²) in [4.78, 5) is 0. The van der Waals surface area contributed by atoms with Crippen LogP contribution >= 0.6 is 0 Å². The molecule has 0 aromatic rings. The van der Waals surface area contributed by atoms with Crippen LogP contribution in [-0.2, 0) is 14.9 Å². The molecular weight excluding hydrogens is 219 g/mol. The van der Waals surface area contributed by atoms with Crippen molar-refractivity contribution in [3.05, 3.63) is 38.3 Å². The molecule has 0 rings (SSSR count). The van der Waals surface area contributed by atoms with Crippen molar-refractivity contribution >= 4 is 10.1 Å². The zero-order valence-electron chi connectivity index (χ0n) is 7.92. The predicted octanol–water partition coefficient (Wildman–Crippen LogP) is -2.67. The number of ether oxygens (including phenoxy) is 1. The summed E-state index contributed by atoms with van der Waals surface area (Å²) in [7, 11) is -4.57. The average molecular weight is 230 g/mol. The van der Waals surface area contributed by atoms with Crippen LogP contribution in [0.25, 0.3) is 0 Å². The summed E-state index contributed by atoms with van der Waals surface area (Å²) in [5.41, 5.74) is -1.97. The van der Waals surface area contributed by atoms with E-state index in [4.69, 9.17) is 5.11 Å². The molecule has 14 heavy (non-hydrogen) atoms. The summed E-state index contributed by atoms with van der Waals surface area (Å²) in [6, 6.07) is 0. The predicted molar refractivity (Wildman–Crippen MR) is 47.4 cm³/mol. The summed E-state index contributed by atoms with van der Waals surface area (Å²) in [5.74, 6) is 0. The molecule has 0 fully saturated rings. The van der Waals surface area contributed by atoms with Crippen LogP contribution in [0.1, 0.15) is 0 Å². The first-order valence-electron chi connectivity index (χ1n) is 3.02. The number of aliphatic hydroxyl groups is 1. The number of rotatable bonds is 4. The Morgan fingerprint density at radius 1 is 1.29 bits per heavy atom. The normalized spacial score (nSPS) is 10.7. The van der Waals surface area contributed by atoms with E-state index < -0.39 is 15.6 Å². The van der Waals surface area contributed by atoms with Gasteiger partial charge in [0.1, 0.15) is 10.1 Å². The molecule has 0 bridgehead atoms. The molecule has 0 amide bonds. The minimum atomic E-state index is -4.57. The van der Waals surface area contributed by atoms with E-state index in [1.165, 1.54) is 12.5 Å². The van der Waals surface area contributed by atoms with Crippen molar-refractivity contribution in [2.45, 2.75) is 5.44 Å². The third-order valence-corrected chi connectivity index (χ3v) is 1.47. The van der Waals surface area contributed by atoms with Gasteiger partial charge in [0.25, 0.3) is 0 Å². The molecule has 0 aliphatic rings. The van der Waals surface area contributed by atoms with Gasteiger partial charge >= 0.3 is 29.6 Å². The second-order valence-corrected chi connectivity index (χ2v) is 3.06. The molecule has 1 unspecified atom stereocenters. The van der Waals surface area contributed by atoms with Crippen LogP contribution < -0.4 is 29.6 Å². The van der Waals surface area contributed by atoms with Gasteiger partial charge in [-0.1, -0.05) is 19.7 Å². The van der Waals surface area contributed by atoms with Gasteiger partial charge in [-0.25, -0.2) is 8.42 Å². The van der Waals surface area contributed by atoms with Crippen LogP contribution in [0.5, 0.6) is 0 Å². The summed E-state index contributed by atoms with van der Waals surface area (Å²) < 4.78 is 33.4. The maximum Gasteiger partial charge on any atom is 1.00 e. The molecule has 0 spiro atoms. The molecule has 7 heteroatoms. The molecule has 1 N–H and O–H groups in total. The molecule has 0 aliphatic heterocycles. The summed E-state index contributed by atoms with van der Waals surface area (Å²) in [5, 5.41) is 8.18. The fourth-order valence-electron chi connectivity index (χ4n) is 0.186. The molecular formula is C7H11NaO5S. The summed E-state index contributed by atoms with van der Waals surface area (Å²) in [6.45, 7) is 9.41. The Labute approximate surface area is 106 Å². The molecule has 5 nitrogen and oxygen atoms in total. The average Bonchev–Trinajstić information content (AvgIpc) is 2.04. The summed E-state index contributed by atoms with van der Waals surface area (Å²) in [6.07, 6.45) is 3.28. The topological polar surface area (TPSA) is 86.7 Å². The van der Waals surface area contributed by atoms with E-state index in [9.17, 15) is 13.0 Å². The van der Waals surface area contributed by atoms with Crippen molar-refractivity contribution in [3.63, 3.8) is 0 Å². The van der Waals surface area contributed by atoms with E-state index in [-0.39, 0.29) is 29.6 Å². The minimum absolute atomic E-state index is 0. The smallest absolute Gasteiger partial charge is 0.746 e. The third kappa shape index (κ3) is 14.4. The van der Waals surface area contributed by atoms with Crippen molar-refractivity contribution < 1.29 is 52.4 Å². The van der Waals surface area contributed by atoms with Gasteiger partial charge < -0.3 is 14.4 Å². The maximum absolute atomic E-state index is 9.69. The fraction of sp³-hybridized carbons (Fsp3) is 0.143. The molecule has 0 aromatic carbocycles. The molecule has 0 heterocycles. The number of hydrogen-bond donors (Lipinski definition) is 1. The first-order chi connectivity index (χ1) is 5.90. The Hall–Kier alpha value is -0.110. The van der Waals surface area contributed by atoms with Crippen LogP contribution in [0.3, 0.4) is 0 Å². The van der Waals surface area contributed by atoms with E-state index in [2.05, 4.69) is 24.5 Å². The Bertz CT molecular complexity index is 253. The monoisotopic (exact) mass is 230 g/mol. The zero-order chi connectivity index (χ0) is 10.9. The van der Waals surface area contributed by atoms with Gasteiger partial charge in [-0.2, -0.15) is 0 Å². The van der Waals surface area contributed by atoms with E-state index in [0.717, 1.165) is 0 Å². The summed E-state index contributed by atoms with van der Waals surface area (Å²) >= 11 is 0. The molecule has 1 atom stereocenters. The zero-order valence-corrected chi connectivity index (χ0v) is 10.7. The van der Waals surface area contributed by atoms with Crippen molar-refractivity contribution in [1.82, 2.24) is 0 Å². The van der Waals surface area contributed by atoms with Crippen LogP contribution in [0.15, 0.2) is 38.3 Å². The molecule has 0 aliphatic carbocycles. The largest absolute Gasteiger partial charge is 1.00 e. The standard InChI is InChI=1S/C4H6O.C3H6O4S.Na/c1-3-5-4-2;1-2-3(4)8(5,6)7;/h3-4H,1-2H2;2-4H,1H2,(H,5,6,7);/q;;+1/p-1. The SMILES string of the molecule is C=CC(O)S(=O)(=O)[O-].C=COC=C.[Na+].